The molecule has 0 aliphatic rings. The maximum Gasteiger partial charge on any atom is 2.00 e. The molecule has 0 aliphatic carbocycles. The molecule has 0 aromatic carbocycles. The van der Waals surface area contributed by atoms with Crippen LogP contribution in [-0.4, -0.2) is 72.0 Å². The van der Waals surface area contributed by atoms with Crippen LogP contribution in [0.3, 0.4) is 0 Å². The van der Waals surface area contributed by atoms with Gasteiger partial charge in [0.25, 0.3) is 15.6 Å². The van der Waals surface area contributed by atoms with Crippen LogP contribution in [0.1, 0.15) is 0 Å². The molecular weight excluding hydrogens is 325 g/mol. The minimum atomic E-state index is -4.89. The molecule has 0 aromatic rings. The fourth-order valence-electron chi connectivity index (χ4n) is 0. The molecule has 96 valence electrons. The quantitative estimate of drug-likeness (QED) is 0.164. The fourth-order valence-corrected chi connectivity index (χ4v) is 0. The molecule has 0 bridgehead atoms. The topological polar surface area (TPSA) is 239 Å². The summed E-state index contributed by atoms with van der Waals surface area (Å²) in [6.45, 7) is 0. The maximum absolute atomic E-state index is 8.88. The monoisotopic (exact) mass is 332 g/mol. The van der Waals surface area contributed by atoms with E-state index in [0.717, 1.165) is 0 Å². The summed E-state index contributed by atoms with van der Waals surface area (Å²) >= 11 is 0. The van der Waals surface area contributed by atoms with E-state index in [1.807, 2.05) is 0 Å². The smallest absolute Gasteiger partial charge is 0.756 e. The first-order chi connectivity index (χ1) is 6.00. The zero-order chi connectivity index (χ0) is 13.5. The summed E-state index contributed by atoms with van der Waals surface area (Å²) in [6, 6.07) is 0. The number of hydrogen-bond acceptors (Lipinski definition) is 5. The summed E-state index contributed by atoms with van der Waals surface area (Å²) < 4.78 is 26.4. The molecule has 0 fully saturated rings. The molecule has 0 radical (unpaired) electrons. The molecule has 0 saturated heterocycles. The maximum atomic E-state index is 8.88. The summed E-state index contributed by atoms with van der Waals surface area (Å²) in [4.78, 5) is 67.4. The fraction of sp³-hybridized carbons (Fsp3) is 0. The zero-order valence-electron chi connectivity index (χ0n) is 7.22. The predicted molar refractivity (Wildman–Crippen MR) is 44.1 cm³/mol. The average Bonchev–Trinajstić information content (AvgIpc) is 1.41. The van der Waals surface area contributed by atoms with Crippen molar-refractivity contribution in [2.75, 3.05) is 0 Å². The van der Waals surface area contributed by atoms with Crippen LogP contribution in [0.2, 0.25) is 0 Å². The van der Waals surface area contributed by atoms with Crippen LogP contribution >= 0.6 is 23.5 Å². The summed E-state index contributed by atoms with van der Waals surface area (Å²) in [5.41, 5.74) is 0. The minimum Gasteiger partial charge on any atom is -0.756 e. The van der Waals surface area contributed by atoms with Gasteiger partial charge < -0.3 is 44.0 Å². The van der Waals surface area contributed by atoms with Crippen LogP contribution in [0, 0.1) is 0 Å². The van der Waals surface area contributed by atoms with E-state index in [4.69, 9.17) is 57.7 Å². The Balaban J connectivity index is -0.0000000655. The van der Waals surface area contributed by atoms with Crippen molar-refractivity contribution in [3.8, 4) is 0 Å². The van der Waals surface area contributed by atoms with Gasteiger partial charge >= 0.3 is 45.6 Å². The van der Waals surface area contributed by atoms with Gasteiger partial charge in [0.1, 0.15) is 0 Å². The van der Waals surface area contributed by atoms with E-state index in [-0.39, 0.29) is 37.7 Å². The van der Waals surface area contributed by atoms with E-state index in [1.54, 1.807) is 0 Å². The number of hydrogen-bond donors (Lipinski definition) is 7. The number of rotatable bonds is 0. The Bertz CT molecular complexity index is 202. The first kappa shape index (κ1) is 26.2. The Morgan fingerprint density at radius 2 is 0.625 bits per heavy atom. The van der Waals surface area contributed by atoms with Crippen molar-refractivity contribution in [1.29, 1.82) is 0 Å². The molecule has 0 unspecified atom stereocenters. The van der Waals surface area contributed by atoms with Gasteiger partial charge in [-0.05, 0) is 0 Å². The van der Waals surface area contributed by atoms with Crippen molar-refractivity contribution in [2.24, 2.45) is 0 Å². The van der Waals surface area contributed by atoms with E-state index in [2.05, 4.69) is 0 Å². The van der Waals surface area contributed by atoms with Crippen LogP contribution in [0.25, 0.3) is 0 Å². The average molecular weight is 332 g/mol. The second kappa shape index (κ2) is 10.5. The Labute approximate surface area is 118 Å². The first-order valence-electron chi connectivity index (χ1n) is 2.31. The van der Waals surface area contributed by atoms with E-state index in [1.165, 1.54) is 0 Å². The Hall–Kier alpha value is 1.59. The van der Waals surface area contributed by atoms with Gasteiger partial charge in [-0.2, -0.15) is 0 Å². The molecule has 0 heterocycles. The van der Waals surface area contributed by atoms with Crippen molar-refractivity contribution in [3.05, 3.63) is 0 Å². The van der Waals surface area contributed by atoms with Crippen molar-refractivity contribution < 1.29 is 57.7 Å². The van der Waals surface area contributed by atoms with E-state index in [9.17, 15) is 0 Å². The van der Waals surface area contributed by atoms with Gasteiger partial charge in [-0.25, -0.2) is 4.57 Å². The van der Waals surface area contributed by atoms with E-state index >= 15 is 0 Å². The molecule has 0 rings (SSSR count). The van der Waals surface area contributed by atoms with Crippen molar-refractivity contribution in [3.63, 3.8) is 0 Å². The molecule has 0 atom stereocenters. The molecule has 0 spiro atoms. The van der Waals surface area contributed by atoms with Gasteiger partial charge in [-0.15, -0.1) is 0 Å². The third-order valence-electron chi connectivity index (χ3n) is 0. The van der Waals surface area contributed by atoms with Crippen molar-refractivity contribution >= 4 is 61.2 Å². The second-order valence-electron chi connectivity index (χ2n) is 1.49. The summed E-state index contributed by atoms with van der Waals surface area (Å²) in [7, 11) is -14.4. The molecule has 7 N–H and O–H groups in total. The number of phosphoric acid groups is 3. The predicted octanol–water partition coefficient (Wildman–Crippen LogP) is -4.43. The van der Waals surface area contributed by atoms with Gasteiger partial charge in [-0.1, -0.05) is 0 Å². The molecule has 16 heteroatoms. The Morgan fingerprint density at radius 1 is 0.625 bits per heavy atom. The molecule has 0 amide bonds. The first-order valence-corrected chi connectivity index (χ1v) is 6.94. The van der Waals surface area contributed by atoms with Gasteiger partial charge in [0.2, 0.25) is 0 Å². The largest absolute Gasteiger partial charge is 2.00 e. The molecule has 0 saturated carbocycles. The van der Waals surface area contributed by atoms with Gasteiger partial charge in [0, 0.05) is 0 Å². The third kappa shape index (κ3) is 1310. The molecule has 16 heavy (non-hydrogen) atoms. The molecule has 0 aromatic heterocycles. The second-order valence-corrected chi connectivity index (χ2v) is 4.48. The van der Waals surface area contributed by atoms with E-state index < -0.39 is 23.5 Å². The minimum absolute atomic E-state index is 0. The Kier molecular flexibility index (Phi) is 17.2. The standard InChI is InChI=1S/Ca.3H3O4P/c;3*1-5(2,3)4/h;3*(H3,1,2,3,4)/q+2;;;/p-2. The van der Waals surface area contributed by atoms with E-state index in [0.29, 0.717) is 0 Å². The van der Waals surface area contributed by atoms with Crippen molar-refractivity contribution in [1.82, 2.24) is 0 Å². The zero-order valence-corrected chi connectivity index (χ0v) is 12.1. The Morgan fingerprint density at radius 3 is 0.625 bits per heavy atom. The van der Waals surface area contributed by atoms with Crippen LogP contribution in [-0.2, 0) is 13.7 Å². The summed E-state index contributed by atoms with van der Waals surface area (Å²) in [6.07, 6.45) is 0. The van der Waals surface area contributed by atoms with Crippen molar-refractivity contribution in [2.45, 2.75) is 0 Å². The van der Waals surface area contributed by atoms with Gasteiger partial charge in [-0.3, -0.25) is 9.13 Å². The van der Waals surface area contributed by atoms with Crippen LogP contribution in [0.15, 0.2) is 0 Å². The SMILES string of the molecule is O=P(O)(O)O.O=P([O-])(O)O.O=P([O-])(O)O.[Ca+2]. The van der Waals surface area contributed by atoms with Crippen LogP contribution in [0.5, 0.6) is 0 Å². The molecule has 12 nitrogen and oxygen atoms in total. The summed E-state index contributed by atoms with van der Waals surface area (Å²) in [5, 5.41) is 0. The normalized spacial score (nSPS) is 11.1. The van der Waals surface area contributed by atoms with Crippen LogP contribution < -0.4 is 9.79 Å². The van der Waals surface area contributed by atoms with Gasteiger partial charge in [0.05, 0.1) is 0 Å². The molecule has 0 aliphatic heterocycles. The summed E-state index contributed by atoms with van der Waals surface area (Å²) in [5.74, 6) is 0. The molecular formula is H7CaO12P3. The third-order valence-corrected chi connectivity index (χ3v) is 0. The van der Waals surface area contributed by atoms with Crippen LogP contribution in [0.4, 0.5) is 0 Å². The van der Waals surface area contributed by atoms with Gasteiger partial charge in [0.15, 0.2) is 0 Å².